The van der Waals surface area contributed by atoms with E-state index in [9.17, 15) is 0 Å². The monoisotopic (exact) mass is 307 g/mol. The van der Waals surface area contributed by atoms with E-state index in [0.717, 1.165) is 42.9 Å². The van der Waals surface area contributed by atoms with E-state index in [1.807, 2.05) is 12.1 Å². The number of rotatable bonds is 7. The average Bonchev–Trinajstić information content (AvgIpc) is 2.60. The molecular weight excluding hydrogens is 282 g/mol. The molecule has 0 amide bonds. The third-order valence-electron chi connectivity index (χ3n) is 3.61. The van der Waals surface area contributed by atoms with Crippen LogP contribution >= 0.6 is 0 Å². The summed E-state index contributed by atoms with van der Waals surface area (Å²) in [5.74, 6) is 7.07. The van der Waals surface area contributed by atoms with Crippen molar-refractivity contribution >= 4 is 0 Å². The Morgan fingerprint density at radius 1 is 0.913 bits per heavy atom. The Balaban J connectivity index is 1.93. The number of ether oxygens (including phenoxy) is 1. The molecule has 2 rings (SSSR count). The molecule has 2 aromatic rings. The second-order valence-electron chi connectivity index (χ2n) is 5.63. The van der Waals surface area contributed by atoms with Gasteiger partial charge in [0.2, 0.25) is 0 Å². The van der Waals surface area contributed by atoms with E-state index < -0.39 is 0 Å². The van der Waals surface area contributed by atoms with Crippen molar-refractivity contribution in [3.05, 3.63) is 59.4 Å². The van der Waals surface area contributed by atoms with Gasteiger partial charge in [-0.3, -0.25) is 0 Å². The van der Waals surface area contributed by atoms with Crippen LogP contribution in [0.5, 0.6) is 5.75 Å². The third kappa shape index (κ3) is 6.16. The topological polar surface area (TPSA) is 22.1 Å². The summed E-state index contributed by atoms with van der Waals surface area (Å²) in [6, 6.07) is 12.3. The van der Waals surface area contributed by atoms with E-state index in [0.29, 0.717) is 0 Å². The Bertz CT molecular complexity index is 632. The first kappa shape index (κ1) is 17.1. The minimum atomic E-state index is 0.744. The number of hydrogen-bond donors (Lipinski definition) is 0. The Kier molecular flexibility index (Phi) is 7.20. The predicted molar refractivity (Wildman–Crippen MR) is 95.7 cm³/mol. The van der Waals surface area contributed by atoms with Gasteiger partial charge in [-0.2, -0.15) is 0 Å². The molecular formula is C21H25NO. The zero-order valence-corrected chi connectivity index (χ0v) is 14.1. The third-order valence-corrected chi connectivity index (χ3v) is 3.61. The molecule has 0 aliphatic rings. The van der Waals surface area contributed by atoms with E-state index in [4.69, 9.17) is 4.74 Å². The van der Waals surface area contributed by atoms with Gasteiger partial charge in [-0.1, -0.05) is 44.7 Å². The van der Waals surface area contributed by atoms with Gasteiger partial charge in [0.25, 0.3) is 0 Å². The van der Waals surface area contributed by atoms with Crippen molar-refractivity contribution in [2.24, 2.45) is 0 Å². The van der Waals surface area contributed by atoms with Crippen LogP contribution in [0.1, 0.15) is 56.4 Å². The molecule has 0 unspecified atom stereocenters. The standard InChI is InChI=1S/C21H25NO/c1-3-5-7-18-8-10-19(11-9-18)12-13-20-14-15-21(17-22-20)23-16-6-4-2/h8-11,14-15,17H,3-7,16H2,1-2H3. The number of unbranched alkanes of at least 4 members (excludes halogenated alkanes) is 2. The molecule has 0 saturated carbocycles. The van der Waals surface area contributed by atoms with Crippen molar-refractivity contribution in [3.8, 4) is 17.6 Å². The molecule has 1 aromatic carbocycles. The number of hydrogen-bond acceptors (Lipinski definition) is 2. The van der Waals surface area contributed by atoms with Crippen LogP contribution in [-0.4, -0.2) is 11.6 Å². The number of benzene rings is 1. The van der Waals surface area contributed by atoms with Crippen LogP contribution in [0.4, 0.5) is 0 Å². The van der Waals surface area contributed by atoms with Crippen LogP contribution in [0.3, 0.4) is 0 Å². The maximum absolute atomic E-state index is 5.60. The van der Waals surface area contributed by atoms with Gasteiger partial charge in [-0.25, -0.2) is 4.98 Å². The maximum Gasteiger partial charge on any atom is 0.137 e. The van der Waals surface area contributed by atoms with E-state index >= 15 is 0 Å². The van der Waals surface area contributed by atoms with Gasteiger partial charge >= 0.3 is 0 Å². The van der Waals surface area contributed by atoms with Crippen molar-refractivity contribution in [3.63, 3.8) is 0 Å². The van der Waals surface area contributed by atoms with Gasteiger partial charge in [0.15, 0.2) is 0 Å². The Morgan fingerprint density at radius 2 is 1.70 bits per heavy atom. The zero-order valence-electron chi connectivity index (χ0n) is 14.1. The zero-order chi connectivity index (χ0) is 16.3. The quantitative estimate of drug-likeness (QED) is 0.530. The summed E-state index contributed by atoms with van der Waals surface area (Å²) >= 11 is 0. The predicted octanol–water partition coefficient (Wildman–Crippen LogP) is 5.00. The summed E-state index contributed by atoms with van der Waals surface area (Å²) in [4.78, 5) is 4.33. The summed E-state index contributed by atoms with van der Waals surface area (Å²) in [6.07, 6.45) is 7.55. The Hall–Kier alpha value is -2.27. The van der Waals surface area contributed by atoms with Gasteiger partial charge in [0.05, 0.1) is 12.8 Å². The first-order valence-electron chi connectivity index (χ1n) is 8.51. The highest BCUT2D eigenvalue weighted by atomic mass is 16.5. The van der Waals surface area contributed by atoms with Crippen molar-refractivity contribution in [1.82, 2.24) is 4.98 Å². The average molecular weight is 307 g/mol. The lowest BCUT2D eigenvalue weighted by Gasteiger charge is -2.03. The van der Waals surface area contributed by atoms with Gasteiger partial charge < -0.3 is 4.74 Å². The molecule has 23 heavy (non-hydrogen) atoms. The molecule has 120 valence electrons. The van der Waals surface area contributed by atoms with Gasteiger partial charge in [0.1, 0.15) is 11.4 Å². The van der Waals surface area contributed by atoms with Crippen LogP contribution in [0.2, 0.25) is 0 Å². The van der Waals surface area contributed by atoms with E-state index in [2.05, 4.69) is 54.9 Å². The van der Waals surface area contributed by atoms with E-state index in [1.165, 1.54) is 18.4 Å². The summed E-state index contributed by atoms with van der Waals surface area (Å²) in [5.41, 5.74) is 3.17. The molecule has 0 fully saturated rings. The second kappa shape index (κ2) is 9.69. The smallest absolute Gasteiger partial charge is 0.137 e. The molecule has 0 aliphatic heterocycles. The fourth-order valence-electron chi connectivity index (χ4n) is 2.15. The second-order valence-corrected chi connectivity index (χ2v) is 5.63. The largest absolute Gasteiger partial charge is 0.492 e. The summed E-state index contributed by atoms with van der Waals surface area (Å²) < 4.78 is 5.60. The molecule has 2 nitrogen and oxygen atoms in total. The molecule has 0 aliphatic carbocycles. The minimum Gasteiger partial charge on any atom is -0.492 e. The number of aromatic nitrogens is 1. The van der Waals surface area contributed by atoms with Gasteiger partial charge in [0, 0.05) is 5.56 Å². The lowest BCUT2D eigenvalue weighted by atomic mass is 10.1. The van der Waals surface area contributed by atoms with Crippen LogP contribution in [0, 0.1) is 11.8 Å². The number of pyridine rings is 1. The van der Waals surface area contributed by atoms with Crippen LogP contribution in [0.25, 0.3) is 0 Å². The van der Waals surface area contributed by atoms with Gasteiger partial charge in [-0.15, -0.1) is 0 Å². The Morgan fingerprint density at radius 3 is 2.35 bits per heavy atom. The Labute approximate surface area is 139 Å². The van der Waals surface area contributed by atoms with E-state index in [-0.39, 0.29) is 0 Å². The maximum atomic E-state index is 5.60. The van der Waals surface area contributed by atoms with Crippen molar-refractivity contribution in [2.75, 3.05) is 6.61 Å². The molecule has 0 saturated heterocycles. The van der Waals surface area contributed by atoms with Crippen LogP contribution < -0.4 is 4.74 Å². The van der Waals surface area contributed by atoms with Crippen molar-refractivity contribution in [1.29, 1.82) is 0 Å². The van der Waals surface area contributed by atoms with E-state index in [1.54, 1.807) is 6.20 Å². The minimum absolute atomic E-state index is 0.744. The highest BCUT2D eigenvalue weighted by Crippen LogP contribution is 2.10. The fraction of sp³-hybridized carbons (Fsp3) is 0.381. The summed E-state index contributed by atoms with van der Waals surface area (Å²) in [6.45, 7) is 5.11. The lowest BCUT2D eigenvalue weighted by molar-refractivity contribution is 0.308. The molecule has 0 N–H and O–H groups in total. The lowest BCUT2D eigenvalue weighted by Crippen LogP contribution is -1.97. The molecule has 0 radical (unpaired) electrons. The summed E-state index contributed by atoms with van der Waals surface area (Å²) in [5, 5.41) is 0. The normalized spacial score (nSPS) is 10.0. The molecule has 2 heteroatoms. The first-order valence-corrected chi connectivity index (χ1v) is 8.51. The SMILES string of the molecule is CCCCOc1ccc(C#Cc2ccc(CCCC)cc2)nc1. The number of nitrogens with zero attached hydrogens (tertiary/aromatic N) is 1. The first-order chi connectivity index (χ1) is 11.3. The van der Waals surface area contributed by atoms with Crippen LogP contribution in [-0.2, 0) is 6.42 Å². The molecule has 0 bridgehead atoms. The van der Waals surface area contributed by atoms with Crippen molar-refractivity contribution < 1.29 is 4.74 Å². The fourth-order valence-corrected chi connectivity index (χ4v) is 2.15. The molecule has 1 heterocycles. The number of aryl methyl sites for hydroxylation is 1. The summed E-state index contributed by atoms with van der Waals surface area (Å²) in [7, 11) is 0. The van der Waals surface area contributed by atoms with Crippen LogP contribution in [0.15, 0.2) is 42.6 Å². The molecule has 0 spiro atoms. The van der Waals surface area contributed by atoms with Crippen molar-refractivity contribution in [2.45, 2.75) is 46.0 Å². The molecule has 1 aromatic heterocycles. The molecule has 0 atom stereocenters. The van der Waals surface area contributed by atoms with Gasteiger partial charge in [-0.05, 0) is 55.0 Å². The highest BCUT2D eigenvalue weighted by molar-refractivity contribution is 5.41. The highest BCUT2D eigenvalue weighted by Gasteiger charge is 1.95.